The molecule has 30 heavy (non-hydrogen) atoms. The van der Waals surface area contributed by atoms with Crippen molar-refractivity contribution in [1.82, 2.24) is 0 Å². The van der Waals surface area contributed by atoms with Crippen LogP contribution in [-0.2, 0) is 0 Å². The van der Waals surface area contributed by atoms with Crippen LogP contribution in [-0.4, -0.2) is 11.0 Å². The van der Waals surface area contributed by atoms with E-state index in [9.17, 15) is 0 Å². The van der Waals surface area contributed by atoms with Crippen LogP contribution in [0.5, 0.6) is 5.75 Å². The summed E-state index contributed by atoms with van der Waals surface area (Å²) in [5, 5.41) is 6.85. The minimum Gasteiger partial charge on any atom is -0.485 e. The minimum absolute atomic E-state index is 0.173. The quantitative estimate of drug-likeness (QED) is 0.240. The van der Waals surface area contributed by atoms with Crippen molar-refractivity contribution in [3.8, 4) is 16.9 Å². The highest BCUT2D eigenvalue weighted by molar-refractivity contribution is 7.68. The Morgan fingerprint density at radius 1 is 0.800 bits per heavy atom. The molecule has 1 nitrogen and oxygen atoms in total. The Morgan fingerprint density at radius 3 is 1.97 bits per heavy atom. The Bertz CT molecular complexity index is 1190. The fourth-order valence-corrected chi connectivity index (χ4v) is 8.15. The zero-order valence-corrected chi connectivity index (χ0v) is 19.3. The van der Waals surface area contributed by atoms with E-state index in [-0.39, 0.29) is 11.0 Å². The van der Waals surface area contributed by atoms with Gasteiger partial charge in [0.25, 0.3) is 0 Å². The van der Waals surface area contributed by atoms with Crippen LogP contribution in [0.1, 0.15) is 34.6 Å². The average Bonchev–Trinajstić information content (AvgIpc) is 3.13. The average molecular weight is 413 g/mol. The molecule has 4 aromatic rings. The Hall–Kier alpha value is -2.37. The van der Waals surface area contributed by atoms with Crippen LogP contribution in [0.4, 0.5) is 0 Å². The van der Waals surface area contributed by atoms with Crippen molar-refractivity contribution in [2.24, 2.45) is 5.92 Å². The first kappa shape index (κ1) is 19.6. The van der Waals surface area contributed by atoms with Crippen LogP contribution in [0.15, 0.2) is 72.8 Å². The second kappa shape index (κ2) is 7.10. The van der Waals surface area contributed by atoms with Gasteiger partial charge in [-0.1, -0.05) is 95.3 Å². The molecule has 2 heteroatoms. The van der Waals surface area contributed by atoms with Crippen molar-refractivity contribution >= 4 is 34.8 Å². The van der Waals surface area contributed by atoms with Gasteiger partial charge >= 0.3 is 0 Å². The third-order valence-corrected chi connectivity index (χ3v) is 9.67. The van der Waals surface area contributed by atoms with E-state index in [0.717, 1.165) is 5.75 Å². The number of fused-ring (bicyclic) bond motifs is 3. The van der Waals surface area contributed by atoms with E-state index in [1.54, 1.807) is 0 Å². The molecule has 0 aliphatic carbocycles. The van der Waals surface area contributed by atoms with Crippen LogP contribution in [0.2, 0.25) is 0 Å². The second-order valence-corrected chi connectivity index (χ2v) is 12.7. The minimum atomic E-state index is -0.482. The molecule has 0 aromatic heterocycles. The van der Waals surface area contributed by atoms with Crippen LogP contribution in [0.25, 0.3) is 32.7 Å². The van der Waals surface area contributed by atoms with E-state index in [2.05, 4.69) is 107 Å². The summed E-state index contributed by atoms with van der Waals surface area (Å²) in [6.45, 7) is 11.7. The predicted molar refractivity (Wildman–Crippen MR) is 132 cm³/mol. The maximum Gasteiger partial charge on any atom is 0.128 e. The summed E-state index contributed by atoms with van der Waals surface area (Å²) in [6, 6.07) is 26.6. The summed E-state index contributed by atoms with van der Waals surface area (Å²) >= 11 is 0. The Labute approximate surface area is 180 Å². The van der Waals surface area contributed by atoms with E-state index in [0.29, 0.717) is 5.92 Å². The standard InChI is InChI=1S/C28H29OP/c1-18(2)27-29-24-16-10-15-23(26(24)30(27)28(3,4)5)25-21-13-8-6-11-19(21)17-20-12-7-9-14-22(20)25/h6-18,27H,1-5H3/t27-,30?/m1/s1. The first-order valence-electron chi connectivity index (χ1n) is 10.9. The van der Waals surface area contributed by atoms with Gasteiger partial charge in [-0.2, -0.15) is 0 Å². The normalized spacial score (nSPS) is 18.7. The number of ether oxygens (including phenoxy) is 1. The lowest BCUT2D eigenvalue weighted by atomic mass is 9.92. The van der Waals surface area contributed by atoms with Crippen molar-refractivity contribution in [3.63, 3.8) is 0 Å². The zero-order valence-electron chi connectivity index (χ0n) is 18.4. The monoisotopic (exact) mass is 412 g/mol. The summed E-state index contributed by atoms with van der Waals surface area (Å²) < 4.78 is 6.62. The topological polar surface area (TPSA) is 9.23 Å². The van der Waals surface area contributed by atoms with E-state index in [1.165, 1.54) is 38.0 Å². The third kappa shape index (κ3) is 3.03. The molecule has 1 aliphatic heterocycles. The first-order chi connectivity index (χ1) is 14.4. The molecule has 1 unspecified atom stereocenters. The van der Waals surface area contributed by atoms with Gasteiger partial charge in [0.1, 0.15) is 11.6 Å². The van der Waals surface area contributed by atoms with Gasteiger partial charge in [-0.05, 0) is 63.8 Å². The maximum absolute atomic E-state index is 6.62. The van der Waals surface area contributed by atoms with Gasteiger partial charge < -0.3 is 4.74 Å². The van der Waals surface area contributed by atoms with Gasteiger partial charge in [-0.25, -0.2) is 0 Å². The largest absolute Gasteiger partial charge is 0.485 e. The van der Waals surface area contributed by atoms with Gasteiger partial charge in [0.2, 0.25) is 0 Å². The van der Waals surface area contributed by atoms with Crippen LogP contribution < -0.4 is 10.0 Å². The molecule has 152 valence electrons. The summed E-state index contributed by atoms with van der Waals surface area (Å²) in [5.74, 6) is 1.83. The zero-order chi connectivity index (χ0) is 21.0. The molecule has 0 fully saturated rings. The van der Waals surface area contributed by atoms with E-state index < -0.39 is 7.92 Å². The van der Waals surface area contributed by atoms with Crippen molar-refractivity contribution in [3.05, 3.63) is 72.8 Å². The Kier molecular flexibility index (Phi) is 4.64. The molecule has 2 atom stereocenters. The molecule has 1 heterocycles. The fourth-order valence-electron chi connectivity index (χ4n) is 4.83. The van der Waals surface area contributed by atoms with E-state index >= 15 is 0 Å². The van der Waals surface area contributed by atoms with Crippen LogP contribution >= 0.6 is 7.92 Å². The molecule has 0 saturated carbocycles. The molecule has 0 saturated heterocycles. The lowest BCUT2D eigenvalue weighted by Crippen LogP contribution is -2.27. The summed E-state index contributed by atoms with van der Waals surface area (Å²) in [6.07, 6.45) is 0. The molecule has 0 radical (unpaired) electrons. The molecule has 5 rings (SSSR count). The van der Waals surface area contributed by atoms with Gasteiger partial charge in [-0.15, -0.1) is 0 Å². The lowest BCUT2D eigenvalue weighted by molar-refractivity contribution is 0.240. The number of rotatable bonds is 2. The van der Waals surface area contributed by atoms with Crippen molar-refractivity contribution < 1.29 is 4.74 Å². The highest BCUT2D eigenvalue weighted by Crippen LogP contribution is 2.62. The first-order valence-corrected chi connectivity index (χ1v) is 12.3. The number of hydrogen-bond donors (Lipinski definition) is 0. The molecule has 0 N–H and O–H groups in total. The van der Waals surface area contributed by atoms with Crippen molar-refractivity contribution in [1.29, 1.82) is 0 Å². The van der Waals surface area contributed by atoms with Crippen LogP contribution in [0, 0.1) is 5.92 Å². The third-order valence-electron chi connectivity index (χ3n) is 6.08. The Balaban J connectivity index is 1.89. The highest BCUT2D eigenvalue weighted by Gasteiger charge is 2.44. The van der Waals surface area contributed by atoms with Crippen molar-refractivity contribution in [2.75, 3.05) is 0 Å². The number of benzene rings is 4. The molecular formula is C28H29OP. The highest BCUT2D eigenvalue weighted by atomic mass is 31.1. The predicted octanol–water partition coefficient (Wildman–Crippen LogP) is 7.94. The number of hydrogen-bond acceptors (Lipinski definition) is 1. The molecule has 1 aliphatic rings. The molecule has 0 spiro atoms. The molecule has 4 aromatic carbocycles. The maximum atomic E-state index is 6.62. The molecule has 0 amide bonds. The van der Waals surface area contributed by atoms with Gasteiger partial charge in [0.05, 0.1) is 0 Å². The lowest BCUT2D eigenvalue weighted by Gasteiger charge is -2.34. The SMILES string of the molecule is CC(C)[C@@H]1Oc2cccc(-c3c4ccccc4cc4ccccc34)c2P1C(C)(C)C. The molecular weight excluding hydrogens is 383 g/mol. The Morgan fingerprint density at radius 2 is 1.40 bits per heavy atom. The van der Waals surface area contributed by atoms with Crippen LogP contribution in [0.3, 0.4) is 0 Å². The molecule has 0 bridgehead atoms. The fraction of sp³-hybridized carbons (Fsp3) is 0.286. The van der Waals surface area contributed by atoms with Gasteiger partial charge in [0.15, 0.2) is 0 Å². The van der Waals surface area contributed by atoms with Gasteiger partial charge in [0, 0.05) is 5.30 Å². The smallest absolute Gasteiger partial charge is 0.128 e. The van der Waals surface area contributed by atoms with E-state index in [1.807, 2.05) is 0 Å². The van der Waals surface area contributed by atoms with E-state index in [4.69, 9.17) is 4.74 Å². The second-order valence-electron chi connectivity index (χ2n) is 9.64. The summed E-state index contributed by atoms with van der Waals surface area (Å²) in [5.41, 5.74) is 2.70. The van der Waals surface area contributed by atoms with Crippen molar-refractivity contribution in [2.45, 2.75) is 45.6 Å². The van der Waals surface area contributed by atoms with Gasteiger partial charge in [-0.3, -0.25) is 0 Å². The summed E-state index contributed by atoms with van der Waals surface area (Å²) in [7, 11) is -0.482. The summed E-state index contributed by atoms with van der Waals surface area (Å²) in [4.78, 5) is 0.